The van der Waals surface area contributed by atoms with E-state index in [1.54, 1.807) is 0 Å². The molecule has 0 radical (unpaired) electrons. The van der Waals surface area contributed by atoms with Crippen molar-refractivity contribution >= 4 is 0 Å². The van der Waals surface area contributed by atoms with Crippen molar-refractivity contribution in [2.24, 2.45) is 0 Å². The molecule has 2 rings (SSSR count). The van der Waals surface area contributed by atoms with E-state index in [0.29, 0.717) is 25.6 Å². The minimum Gasteiger partial charge on any atom is -0.390 e. The van der Waals surface area contributed by atoms with Crippen LogP contribution in [-0.2, 0) is 9.47 Å². The van der Waals surface area contributed by atoms with Crippen LogP contribution in [0.4, 0.5) is 0 Å². The third-order valence-electron chi connectivity index (χ3n) is 3.35. The fraction of sp³-hybridized carbons (Fsp3) is 1.00. The molecule has 0 bridgehead atoms. The first kappa shape index (κ1) is 12.3. The average molecular weight is 231 g/mol. The van der Waals surface area contributed by atoms with E-state index in [1.807, 2.05) is 0 Å². The van der Waals surface area contributed by atoms with Crippen LogP contribution in [-0.4, -0.2) is 60.9 Å². The van der Waals surface area contributed by atoms with E-state index >= 15 is 0 Å². The predicted molar refractivity (Wildman–Crippen MR) is 58.2 cm³/mol. The SMILES string of the molecule is OC1CCOC(CNC2CCOCC2)[C@H]1O. The predicted octanol–water partition coefficient (Wildman–Crippen LogP) is -0.734. The lowest BCUT2D eigenvalue weighted by Gasteiger charge is -2.33. The minimum absolute atomic E-state index is 0.286. The van der Waals surface area contributed by atoms with Gasteiger partial charge >= 0.3 is 0 Å². The molecule has 2 fully saturated rings. The van der Waals surface area contributed by atoms with Crippen molar-refractivity contribution in [3.63, 3.8) is 0 Å². The highest BCUT2D eigenvalue weighted by Crippen LogP contribution is 2.15. The van der Waals surface area contributed by atoms with Gasteiger partial charge in [-0.2, -0.15) is 0 Å². The molecule has 2 unspecified atom stereocenters. The van der Waals surface area contributed by atoms with Crippen molar-refractivity contribution in [1.82, 2.24) is 5.32 Å². The van der Waals surface area contributed by atoms with Crippen molar-refractivity contribution in [2.75, 3.05) is 26.4 Å². The summed E-state index contributed by atoms with van der Waals surface area (Å²) in [6.45, 7) is 2.73. The fourth-order valence-corrected chi connectivity index (χ4v) is 2.22. The van der Waals surface area contributed by atoms with Crippen molar-refractivity contribution in [3.8, 4) is 0 Å². The normalized spacial score (nSPS) is 37.5. The van der Waals surface area contributed by atoms with E-state index in [1.165, 1.54) is 0 Å². The lowest BCUT2D eigenvalue weighted by atomic mass is 10.0. The van der Waals surface area contributed by atoms with Gasteiger partial charge in [0.15, 0.2) is 0 Å². The number of ether oxygens (including phenoxy) is 2. The second kappa shape index (κ2) is 5.93. The molecule has 16 heavy (non-hydrogen) atoms. The van der Waals surface area contributed by atoms with Crippen molar-refractivity contribution in [2.45, 2.75) is 43.6 Å². The molecule has 0 amide bonds. The Balaban J connectivity index is 1.71. The summed E-state index contributed by atoms with van der Waals surface area (Å²) in [4.78, 5) is 0. The first-order valence-electron chi connectivity index (χ1n) is 6.06. The monoisotopic (exact) mass is 231 g/mol. The van der Waals surface area contributed by atoms with Gasteiger partial charge in [-0.25, -0.2) is 0 Å². The maximum atomic E-state index is 9.73. The smallest absolute Gasteiger partial charge is 0.107 e. The quantitative estimate of drug-likeness (QED) is 0.597. The highest BCUT2D eigenvalue weighted by Gasteiger charge is 2.31. The lowest BCUT2D eigenvalue weighted by Crippen LogP contribution is -2.51. The molecule has 3 N–H and O–H groups in total. The first-order valence-corrected chi connectivity index (χ1v) is 6.06. The maximum Gasteiger partial charge on any atom is 0.107 e. The summed E-state index contributed by atoms with van der Waals surface area (Å²) in [7, 11) is 0. The van der Waals surface area contributed by atoms with Crippen molar-refractivity contribution in [3.05, 3.63) is 0 Å². The van der Waals surface area contributed by atoms with Gasteiger partial charge in [-0.15, -0.1) is 0 Å². The van der Waals surface area contributed by atoms with Gasteiger partial charge in [0, 0.05) is 32.4 Å². The average Bonchev–Trinajstić information content (AvgIpc) is 2.32. The Morgan fingerprint density at radius 2 is 1.81 bits per heavy atom. The third kappa shape index (κ3) is 3.15. The third-order valence-corrected chi connectivity index (χ3v) is 3.35. The second-order valence-electron chi connectivity index (χ2n) is 4.55. The van der Waals surface area contributed by atoms with Crippen LogP contribution in [0.3, 0.4) is 0 Å². The van der Waals surface area contributed by atoms with E-state index in [-0.39, 0.29) is 6.10 Å². The van der Waals surface area contributed by atoms with Crippen LogP contribution >= 0.6 is 0 Å². The number of rotatable bonds is 3. The molecule has 2 saturated heterocycles. The standard InChI is InChI=1S/C11H21NO4/c13-9-3-6-16-10(11(9)14)7-12-8-1-4-15-5-2-8/h8-14H,1-7H2/t9?,10?,11-/m0/s1. The molecule has 5 heteroatoms. The minimum atomic E-state index is -0.763. The Morgan fingerprint density at radius 1 is 1.06 bits per heavy atom. The Morgan fingerprint density at radius 3 is 2.56 bits per heavy atom. The maximum absolute atomic E-state index is 9.73. The molecule has 3 atom stereocenters. The van der Waals surface area contributed by atoms with E-state index < -0.39 is 12.2 Å². The molecule has 0 saturated carbocycles. The molecule has 5 nitrogen and oxygen atoms in total. The number of hydrogen-bond acceptors (Lipinski definition) is 5. The summed E-state index contributed by atoms with van der Waals surface area (Å²) in [5.41, 5.74) is 0. The summed E-state index contributed by atoms with van der Waals surface area (Å²) >= 11 is 0. The molecular weight excluding hydrogens is 210 g/mol. The second-order valence-corrected chi connectivity index (χ2v) is 4.55. The summed E-state index contributed by atoms with van der Waals surface area (Å²) in [5.74, 6) is 0. The highest BCUT2D eigenvalue weighted by atomic mass is 16.5. The fourth-order valence-electron chi connectivity index (χ4n) is 2.22. The molecule has 2 aliphatic rings. The van der Waals surface area contributed by atoms with Crippen LogP contribution in [0.25, 0.3) is 0 Å². The van der Waals surface area contributed by atoms with E-state index in [2.05, 4.69) is 5.32 Å². The van der Waals surface area contributed by atoms with Gasteiger partial charge in [0.1, 0.15) is 6.10 Å². The summed E-state index contributed by atoms with van der Waals surface area (Å²) in [5, 5.41) is 22.6. The van der Waals surface area contributed by atoms with Crippen LogP contribution in [0.2, 0.25) is 0 Å². The first-order chi connectivity index (χ1) is 7.77. The van der Waals surface area contributed by atoms with E-state index in [4.69, 9.17) is 9.47 Å². The van der Waals surface area contributed by atoms with Crippen LogP contribution in [0.5, 0.6) is 0 Å². The molecule has 2 aliphatic heterocycles. The Hall–Kier alpha value is -0.200. The zero-order valence-electron chi connectivity index (χ0n) is 9.47. The molecular formula is C11H21NO4. The zero-order chi connectivity index (χ0) is 11.4. The number of hydrogen-bond donors (Lipinski definition) is 3. The number of nitrogens with one attached hydrogen (secondary N) is 1. The van der Waals surface area contributed by atoms with Crippen molar-refractivity contribution < 1.29 is 19.7 Å². The molecule has 0 aromatic carbocycles. The van der Waals surface area contributed by atoms with Gasteiger partial charge in [-0.05, 0) is 19.3 Å². The van der Waals surface area contributed by atoms with Gasteiger partial charge in [-0.3, -0.25) is 0 Å². The van der Waals surface area contributed by atoms with Crippen LogP contribution in [0.15, 0.2) is 0 Å². The van der Waals surface area contributed by atoms with E-state index in [0.717, 1.165) is 26.1 Å². The molecule has 0 aliphatic carbocycles. The van der Waals surface area contributed by atoms with E-state index in [9.17, 15) is 10.2 Å². The molecule has 0 spiro atoms. The number of aliphatic hydroxyl groups is 2. The number of aliphatic hydroxyl groups excluding tert-OH is 2. The van der Waals surface area contributed by atoms with Crippen molar-refractivity contribution in [1.29, 1.82) is 0 Å². The van der Waals surface area contributed by atoms with Gasteiger partial charge in [0.2, 0.25) is 0 Å². The van der Waals surface area contributed by atoms with Crippen LogP contribution in [0, 0.1) is 0 Å². The molecule has 94 valence electrons. The molecule has 2 heterocycles. The summed E-state index contributed by atoms with van der Waals surface area (Å²) in [6.07, 6.45) is 0.842. The highest BCUT2D eigenvalue weighted by molar-refractivity contribution is 4.83. The summed E-state index contributed by atoms with van der Waals surface area (Å²) < 4.78 is 10.7. The van der Waals surface area contributed by atoms with Crippen LogP contribution < -0.4 is 5.32 Å². The Bertz CT molecular complexity index is 208. The van der Waals surface area contributed by atoms with Crippen LogP contribution in [0.1, 0.15) is 19.3 Å². The zero-order valence-corrected chi connectivity index (χ0v) is 9.47. The lowest BCUT2D eigenvalue weighted by molar-refractivity contribution is -0.133. The Kier molecular flexibility index (Phi) is 4.55. The molecule has 0 aromatic rings. The van der Waals surface area contributed by atoms with Gasteiger partial charge in [0.05, 0.1) is 12.2 Å². The Labute approximate surface area is 95.7 Å². The van der Waals surface area contributed by atoms with Gasteiger partial charge in [-0.1, -0.05) is 0 Å². The topological polar surface area (TPSA) is 71.0 Å². The van der Waals surface area contributed by atoms with Gasteiger partial charge < -0.3 is 25.0 Å². The largest absolute Gasteiger partial charge is 0.390 e. The van der Waals surface area contributed by atoms with Gasteiger partial charge in [0.25, 0.3) is 0 Å². The summed E-state index contributed by atoms with van der Waals surface area (Å²) in [6, 6.07) is 0.448. The molecule has 0 aromatic heterocycles.